The van der Waals surface area contributed by atoms with Crippen molar-refractivity contribution in [2.75, 3.05) is 20.2 Å². The Morgan fingerprint density at radius 3 is 2.83 bits per heavy atom. The first-order valence-corrected chi connectivity index (χ1v) is 13.7. The van der Waals surface area contributed by atoms with Gasteiger partial charge in [-0.2, -0.15) is 0 Å². The first-order valence-electron chi connectivity index (χ1n) is 12.5. The number of nitrogens with one attached hydrogen (secondary N) is 1. The molecule has 2 aromatic heterocycles. The number of methoxy groups -OCH3 is 1. The van der Waals surface area contributed by atoms with Crippen LogP contribution in [0.25, 0.3) is 21.1 Å². The van der Waals surface area contributed by atoms with E-state index >= 15 is 0 Å². The summed E-state index contributed by atoms with van der Waals surface area (Å²) in [6.07, 6.45) is 2.36. The van der Waals surface area contributed by atoms with E-state index in [0.717, 1.165) is 58.5 Å². The van der Waals surface area contributed by atoms with Crippen LogP contribution in [0.15, 0.2) is 48.5 Å². The highest BCUT2D eigenvalue weighted by molar-refractivity contribution is 7.18. The Morgan fingerprint density at radius 1 is 1.19 bits per heavy atom. The van der Waals surface area contributed by atoms with E-state index in [4.69, 9.17) is 21.3 Å². The standard InChI is InChI=1S/C28H33ClN4O2S/c1-28(2,15-26-31-22-7-4-5-9-25(22)36-26)30-16-24(34)23-8-6-12-33(23)17-19-13-18-14-20(35-3)10-11-21(18)32-27(19)29/h4-5,7,9-11,13-14,23-24,30,34H,6,8,12,15-17H2,1-3H3/t23-,24-/m1/s1. The maximum atomic E-state index is 11.2. The van der Waals surface area contributed by atoms with E-state index in [-0.39, 0.29) is 11.6 Å². The zero-order chi connectivity index (χ0) is 25.3. The largest absolute Gasteiger partial charge is 0.497 e. The third-order valence-corrected chi connectivity index (χ3v) is 8.36. The van der Waals surface area contributed by atoms with Crippen LogP contribution in [0, 0.1) is 0 Å². The van der Waals surface area contributed by atoms with Crippen molar-refractivity contribution < 1.29 is 9.84 Å². The average molecular weight is 525 g/mol. The predicted octanol–water partition coefficient (Wildman–Crippen LogP) is 5.44. The molecule has 6 nitrogen and oxygen atoms in total. The summed E-state index contributed by atoms with van der Waals surface area (Å²) in [5.41, 5.74) is 2.70. The van der Waals surface area contributed by atoms with Crippen molar-refractivity contribution in [1.29, 1.82) is 0 Å². The number of halogens is 1. The topological polar surface area (TPSA) is 70.5 Å². The molecule has 4 aromatic rings. The molecule has 3 heterocycles. The number of β-amino-alcohol motifs (C(OH)–C–C–N with tert-alkyl or cyclic N) is 1. The summed E-state index contributed by atoms with van der Waals surface area (Å²) in [6, 6.07) is 16.2. The molecule has 0 radical (unpaired) electrons. The summed E-state index contributed by atoms with van der Waals surface area (Å²) < 4.78 is 6.58. The fraction of sp³-hybridized carbons (Fsp3) is 0.429. The molecule has 1 saturated heterocycles. The monoisotopic (exact) mass is 524 g/mol. The van der Waals surface area contributed by atoms with Crippen LogP contribution in [0.1, 0.15) is 37.3 Å². The van der Waals surface area contributed by atoms with Gasteiger partial charge in [-0.15, -0.1) is 11.3 Å². The summed E-state index contributed by atoms with van der Waals surface area (Å²) in [5, 5.41) is 17.4. The van der Waals surface area contributed by atoms with E-state index in [1.807, 2.05) is 24.3 Å². The Morgan fingerprint density at radius 2 is 2.03 bits per heavy atom. The number of fused-ring (bicyclic) bond motifs is 2. The van der Waals surface area contributed by atoms with Gasteiger partial charge in [0.25, 0.3) is 0 Å². The maximum Gasteiger partial charge on any atom is 0.134 e. The molecular weight excluding hydrogens is 492 g/mol. The number of nitrogens with zero attached hydrogens (tertiary/aromatic N) is 3. The third-order valence-electron chi connectivity index (χ3n) is 7.00. The number of aliphatic hydroxyl groups is 1. The van der Waals surface area contributed by atoms with Crippen molar-refractivity contribution in [3.63, 3.8) is 0 Å². The summed E-state index contributed by atoms with van der Waals surface area (Å²) in [5.74, 6) is 0.798. The van der Waals surface area contributed by atoms with Gasteiger partial charge >= 0.3 is 0 Å². The highest BCUT2D eigenvalue weighted by Crippen LogP contribution is 2.29. The lowest BCUT2D eigenvalue weighted by Gasteiger charge is -2.32. The molecule has 190 valence electrons. The molecule has 8 heteroatoms. The smallest absolute Gasteiger partial charge is 0.134 e. The van der Waals surface area contributed by atoms with Crippen LogP contribution in [-0.4, -0.2) is 57.9 Å². The van der Waals surface area contributed by atoms with Crippen LogP contribution < -0.4 is 10.1 Å². The van der Waals surface area contributed by atoms with Crippen molar-refractivity contribution >= 4 is 44.1 Å². The van der Waals surface area contributed by atoms with Crippen molar-refractivity contribution in [3.05, 3.63) is 64.3 Å². The van der Waals surface area contributed by atoms with Gasteiger partial charge in [0.2, 0.25) is 0 Å². The van der Waals surface area contributed by atoms with Crippen molar-refractivity contribution in [3.8, 4) is 5.75 Å². The Hall–Kier alpha value is -2.29. The lowest BCUT2D eigenvalue weighted by Crippen LogP contribution is -2.50. The van der Waals surface area contributed by atoms with E-state index in [2.05, 4.69) is 53.3 Å². The van der Waals surface area contributed by atoms with Crippen LogP contribution in [0.4, 0.5) is 0 Å². The SMILES string of the molecule is COc1ccc2nc(Cl)c(CN3CCC[C@@H]3[C@H](O)CNC(C)(C)Cc3nc4ccccc4s3)cc2c1. The molecular formula is C28H33ClN4O2S. The molecule has 0 aliphatic carbocycles. The Kier molecular flexibility index (Phi) is 7.47. The highest BCUT2D eigenvalue weighted by atomic mass is 35.5. The number of benzene rings is 2. The van der Waals surface area contributed by atoms with Crippen molar-refractivity contribution in [2.24, 2.45) is 0 Å². The molecule has 0 bridgehead atoms. The first kappa shape index (κ1) is 25.4. The van der Waals surface area contributed by atoms with Gasteiger partial charge in [0, 0.05) is 42.0 Å². The lowest BCUT2D eigenvalue weighted by atomic mass is 9.99. The lowest BCUT2D eigenvalue weighted by molar-refractivity contribution is 0.0633. The second-order valence-corrected chi connectivity index (χ2v) is 11.7. The number of likely N-dealkylation sites (tertiary alicyclic amines) is 1. The van der Waals surface area contributed by atoms with Crippen molar-refractivity contribution in [1.82, 2.24) is 20.2 Å². The molecule has 2 atom stereocenters. The van der Waals surface area contributed by atoms with Gasteiger partial charge in [0.15, 0.2) is 0 Å². The van der Waals surface area contributed by atoms with E-state index in [0.29, 0.717) is 18.2 Å². The molecule has 0 amide bonds. The molecule has 36 heavy (non-hydrogen) atoms. The zero-order valence-corrected chi connectivity index (χ0v) is 22.6. The third kappa shape index (κ3) is 5.66. The summed E-state index contributed by atoms with van der Waals surface area (Å²) in [6.45, 7) is 6.47. The zero-order valence-electron chi connectivity index (χ0n) is 21.0. The number of para-hydroxylation sites is 1. The summed E-state index contributed by atoms with van der Waals surface area (Å²) in [7, 11) is 1.66. The van der Waals surface area contributed by atoms with Crippen molar-refractivity contribution in [2.45, 2.75) is 57.3 Å². The number of rotatable bonds is 9. The Bertz CT molecular complexity index is 1330. The van der Waals surface area contributed by atoms with Crippen LogP contribution in [0.2, 0.25) is 5.15 Å². The molecule has 2 N–H and O–H groups in total. The number of pyridine rings is 1. The molecule has 0 unspecified atom stereocenters. The van der Waals surface area contributed by atoms with E-state index in [9.17, 15) is 5.11 Å². The van der Waals surface area contributed by atoms with Gasteiger partial charge in [-0.1, -0.05) is 23.7 Å². The number of hydrogen-bond donors (Lipinski definition) is 2. The van der Waals surface area contributed by atoms with E-state index in [1.54, 1.807) is 18.4 Å². The maximum absolute atomic E-state index is 11.2. The number of aliphatic hydroxyl groups excluding tert-OH is 1. The van der Waals surface area contributed by atoms with Crippen LogP contribution in [-0.2, 0) is 13.0 Å². The van der Waals surface area contributed by atoms with E-state index < -0.39 is 6.10 Å². The van der Waals surface area contributed by atoms with Crippen LogP contribution >= 0.6 is 22.9 Å². The minimum absolute atomic E-state index is 0.0767. The number of ether oxygens (including phenoxy) is 1. The Labute approximate surface area is 221 Å². The second-order valence-electron chi connectivity index (χ2n) is 10.3. The molecule has 0 spiro atoms. The van der Waals surface area contributed by atoms with E-state index in [1.165, 1.54) is 4.70 Å². The van der Waals surface area contributed by atoms with Crippen LogP contribution in [0.3, 0.4) is 0 Å². The minimum atomic E-state index is -0.477. The van der Waals surface area contributed by atoms with Gasteiger partial charge in [-0.3, -0.25) is 4.90 Å². The molecule has 0 saturated carbocycles. The number of hydrogen-bond acceptors (Lipinski definition) is 7. The predicted molar refractivity (Wildman–Crippen MR) is 148 cm³/mol. The van der Waals surface area contributed by atoms with Crippen LogP contribution in [0.5, 0.6) is 5.75 Å². The highest BCUT2D eigenvalue weighted by Gasteiger charge is 2.32. The minimum Gasteiger partial charge on any atom is -0.497 e. The summed E-state index contributed by atoms with van der Waals surface area (Å²) in [4.78, 5) is 11.7. The Balaban J connectivity index is 1.22. The van der Waals surface area contributed by atoms with Gasteiger partial charge in [0.05, 0.1) is 34.0 Å². The summed E-state index contributed by atoms with van der Waals surface area (Å²) >= 11 is 8.30. The fourth-order valence-electron chi connectivity index (χ4n) is 5.07. The average Bonchev–Trinajstić information content (AvgIpc) is 3.48. The second kappa shape index (κ2) is 10.6. The molecule has 1 aliphatic rings. The molecule has 2 aromatic carbocycles. The fourth-order valence-corrected chi connectivity index (χ4v) is 6.47. The van der Waals surface area contributed by atoms with Gasteiger partial charge in [-0.25, -0.2) is 9.97 Å². The molecule has 5 rings (SSSR count). The number of aromatic nitrogens is 2. The molecule has 1 fully saturated rings. The number of thiazole rings is 1. The van der Waals surface area contributed by atoms with Gasteiger partial charge in [0.1, 0.15) is 10.9 Å². The van der Waals surface area contributed by atoms with Gasteiger partial charge in [-0.05, 0) is 69.6 Å². The quantitative estimate of drug-likeness (QED) is 0.284. The molecule has 1 aliphatic heterocycles. The first-order chi connectivity index (χ1) is 17.3. The van der Waals surface area contributed by atoms with Gasteiger partial charge < -0.3 is 15.2 Å². The normalized spacial score (nSPS) is 17.8.